The van der Waals surface area contributed by atoms with Crippen LogP contribution in [0.25, 0.3) is 0 Å². The number of hydrogen-bond donors (Lipinski definition) is 1. The predicted octanol–water partition coefficient (Wildman–Crippen LogP) is 0.351. The molecule has 124 valence electrons. The summed E-state index contributed by atoms with van der Waals surface area (Å²) in [6.07, 6.45) is 5.81. The molecule has 1 atom stereocenters. The molecule has 1 aliphatic heterocycles. The first kappa shape index (κ1) is 15.8. The molecule has 2 aliphatic rings. The zero-order valence-corrected chi connectivity index (χ0v) is 13.8. The van der Waals surface area contributed by atoms with E-state index in [9.17, 15) is 10.1 Å². The molecule has 0 unspecified atom stereocenters. The zero-order chi connectivity index (χ0) is 16.4. The molecule has 1 amide bonds. The minimum Gasteiger partial charge on any atom is -0.340 e. The highest BCUT2D eigenvalue weighted by molar-refractivity contribution is 5.79. The molecule has 1 N–H and O–H groups in total. The molecule has 1 saturated carbocycles. The number of nitrogens with zero attached hydrogens (tertiary/aromatic N) is 5. The Labute approximate surface area is 136 Å². The van der Waals surface area contributed by atoms with Gasteiger partial charge in [0, 0.05) is 45.6 Å². The second kappa shape index (κ2) is 6.20. The molecule has 3 rings (SSSR count). The Bertz CT molecular complexity index is 608. The van der Waals surface area contributed by atoms with E-state index >= 15 is 0 Å². The van der Waals surface area contributed by atoms with Crippen molar-refractivity contribution < 1.29 is 4.79 Å². The second-order valence-electron chi connectivity index (χ2n) is 6.74. The Morgan fingerprint density at radius 2 is 2.13 bits per heavy atom. The van der Waals surface area contributed by atoms with E-state index in [1.165, 1.54) is 0 Å². The fourth-order valence-electron chi connectivity index (χ4n) is 3.18. The van der Waals surface area contributed by atoms with Gasteiger partial charge in [0.1, 0.15) is 5.54 Å². The summed E-state index contributed by atoms with van der Waals surface area (Å²) < 4.78 is 2.01. The number of piperazine rings is 1. The van der Waals surface area contributed by atoms with Crippen molar-refractivity contribution in [2.45, 2.75) is 25.3 Å². The number of aryl methyl sites for hydroxylation is 1. The van der Waals surface area contributed by atoms with Crippen molar-refractivity contribution >= 4 is 11.9 Å². The van der Waals surface area contributed by atoms with E-state index in [1.54, 1.807) is 6.20 Å². The van der Waals surface area contributed by atoms with E-state index in [1.807, 2.05) is 24.7 Å². The Balaban J connectivity index is 1.48. The first-order chi connectivity index (χ1) is 11.0. The van der Waals surface area contributed by atoms with Crippen LogP contribution < -0.4 is 10.2 Å². The number of rotatable bonds is 5. The fraction of sp³-hybridized carbons (Fsp3) is 0.688. The third kappa shape index (κ3) is 3.48. The number of nitrogens with one attached hydrogen (secondary N) is 1. The summed E-state index contributed by atoms with van der Waals surface area (Å²) in [5.41, 5.74) is -0.703. The van der Waals surface area contributed by atoms with Gasteiger partial charge >= 0.3 is 0 Å². The summed E-state index contributed by atoms with van der Waals surface area (Å²) in [6, 6.07) is 2.27. The van der Waals surface area contributed by atoms with Gasteiger partial charge in [0.2, 0.25) is 11.9 Å². The van der Waals surface area contributed by atoms with Crippen LogP contribution in [-0.2, 0) is 11.8 Å². The Morgan fingerprint density at radius 1 is 1.43 bits per heavy atom. The molecule has 1 aliphatic carbocycles. The number of hydrogen-bond acceptors (Lipinski definition) is 5. The lowest BCUT2D eigenvalue weighted by molar-refractivity contribution is -0.123. The van der Waals surface area contributed by atoms with Crippen LogP contribution >= 0.6 is 0 Å². The molecule has 1 saturated heterocycles. The average molecular weight is 316 g/mol. The van der Waals surface area contributed by atoms with Gasteiger partial charge in [-0.15, -0.1) is 0 Å². The van der Waals surface area contributed by atoms with Crippen molar-refractivity contribution in [3.05, 3.63) is 12.4 Å². The van der Waals surface area contributed by atoms with E-state index in [2.05, 4.69) is 26.2 Å². The zero-order valence-electron chi connectivity index (χ0n) is 13.8. The number of carbonyl (C=O) groups excluding carboxylic acids is 1. The summed E-state index contributed by atoms with van der Waals surface area (Å²) in [4.78, 5) is 21.0. The quantitative estimate of drug-likeness (QED) is 0.848. The van der Waals surface area contributed by atoms with Crippen LogP contribution in [0.5, 0.6) is 0 Å². The maximum Gasteiger partial charge on any atom is 0.235 e. The van der Waals surface area contributed by atoms with Gasteiger partial charge in [0.15, 0.2) is 0 Å². The van der Waals surface area contributed by atoms with E-state index in [4.69, 9.17) is 0 Å². The predicted molar refractivity (Wildman–Crippen MR) is 86.7 cm³/mol. The van der Waals surface area contributed by atoms with Crippen molar-refractivity contribution in [2.75, 3.05) is 37.6 Å². The topological polar surface area (TPSA) is 77.2 Å². The van der Waals surface area contributed by atoms with Gasteiger partial charge in [0.25, 0.3) is 0 Å². The summed E-state index contributed by atoms with van der Waals surface area (Å²) >= 11 is 0. The Kier molecular flexibility index (Phi) is 4.26. The lowest BCUT2D eigenvalue weighted by atomic mass is 9.98. The number of nitriles is 1. The normalized spacial score (nSPS) is 21.5. The monoisotopic (exact) mass is 316 g/mol. The standard InChI is InChI=1S/C16H24N6O/c1-16(12-17,13-3-4-13)19-14(23)11-21-7-9-22(10-8-21)15-18-5-6-20(15)2/h5-6,13H,3-4,7-11H2,1-2H3,(H,19,23)/t16-/m1/s1. The van der Waals surface area contributed by atoms with Crippen molar-refractivity contribution in [1.82, 2.24) is 19.8 Å². The van der Waals surface area contributed by atoms with Gasteiger partial charge in [0.05, 0.1) is 12.6 Å². The highest BCUT2D eigenvalue weighted by Gasteiger charge is 2.43. The van der Waals surface area contributed by atoms with Crippen LogP contribution in [-0.4, -0.2) is 58.6 Å². The van der Waals surface area contributed by atoms with Gasteiger partial charge in [-0.1, -0.05) is 0 Å². The molecule has 0 radical (unpaired) electrons. The maximum absolute atomic E-state index is 12.2. The van der Waals surface area contributed by atoms with E-state index in [-0.39, 0.29) is 5.91 Å². The molecule has 2 fully saturated rings. The van der Waals surface area contributed by atoms with E-state index in [0.29, 0.717) is 12.5 Å². The van der Waals surface area contributed by atoms with Gasteiger partial charge < -0.3 is 14.8 Å². The number of anilines is 1. The van der Waals surface area contributed by atoms with Gasteiger partial charge in [-0.2, -0.15) is 5.26 Å². The number of amides is 1. The van der Waals surface area contributed by atoms with Crippen molar-refractivity contribution in [1.29, 1.82) is 5.26 Å². The molecule has 1 aromatic rings. The Morgan fingerprint density at radius 3 is 2.65 bits per heavy atom. The van der Waals surface area contributed by atoms with Crippen molar-refractivity contribution in [3.8, 4) is 6.07 Å². The van der Waals surface area contributed by atoms with Crippen LogP contribution in [0.3, 0.4) is 0 Å². The van der Waals surface area contributed by atoms with Crippen molar-refractivity contribution in [3.63, 3.8) is 0 Å². The molecule has 0 aromatic carbocycles. The molecule has 1 aromatic heterocycles. The SMILES string of the molecule is Cn1ccnc1N1CCN(CC(=O)N[C@](C)(C#N)C2CC2)CC1. The summed E-state index contributed by atoms with van der Waals surface area (Å²) in [7, 11) is 1.99. The smallest absolute Gasteiger partial charge is 0.235 e. The molecule has 2 heterocycles. The van der Waals surface area contributed by atoms with Crippen LogP contribution in [0.15, 0.2) is 12.4 Å². The third-order valence-corrected chi connectivity index (χ3v) is 4.84. The third-order valence-electron chi connectivity index (χ3n) is 4.84. The minimum absolute atomic E-state index is 0.0496. The number of carbonyl (C=O) groups is 1. The van der Waals surface area contributed by atoms with Crippen LogP contribution in [0.1, 0.15) is 19.8 Å². The van der Waals surface area contributed by atoms with Gasteiger partial charge in [-0.05, 0) is 25.7 Å². The lowest BCUT2D eigenvalue weighted by Crippen LogP contribution is -2.53. The molecule has 7 heteroatoms. The van der Waals surface area contributed by atoms with E-state index in [0.717, 1.165) is 45.0 Å². The fourth-order valence-corrected chi connectivity index (χ4v) is 3.18. The number of imidazole rings is 1. The maximum atomic E-state index is 12.2. The van der Waals surface area contributed by atoms with Gasteiger partial charge in [-0.25, -0.2) is 4.98 Å². The summed E-state index contributed by atoms with van der Waals surface area (Å²) in [6.45, 7) is 5.56. The van der Waals surface area contributed by atoms with E-state index < -0.39 is 5.54 Å². The average Bonchev–Trinajstić information content (AvgIpc) is 3.31. The van der Waals surface area contributed by atoms with Crippen molar-refractivity contribution in [2.24, 2.45) is 13.0 Å². The van der Waals surface area contributed by atoms with Crippen LogP contribution in [0, 0.1) is 17.2 Å². The lowest BCUT2D eigenvalue weighted by Gasteiger charge is -2.35. The highest BCUT2D eigenvalue weighted by Crippen LogP contribution is 2.39. The first-order valence-electron chi connectivity index (χ1n) is 8.19. The second-order valence-corrected chi connectivity index (χ2v) is 6.74. The molecule has 7 nitrogen and oxygen atoms in total. The first-order valence-corrected chi connectivity index (χ1v) is 8.19. The summed E-state index contributed by atoms with van der Waals surface area (Å²) in [5, 5.41) is 12.3. The van der Waals surface area contributed by atoms with Crippen LogP contribution in [0.4, 0.5) is 5.95 Å². The molecular formula is C16H24N6O. The molecule has 0 spiro atoms. The molecule has 23 heavy (non-hydrogen) atoms. The van der Waals surface area contributed by atoms with Crippen LogP contribution in [0.2, 0.25) is 0 Å². The largest absolute Gasteiger partial charge is 0.340 e. The number of aromatic nitrogens is 2. The Hall–Kier alpha value is -2.07. The minimum atomic E-state index is -0.703. The molecular weight excluding hydrogens is 292 g/mol. The molecule has 0 bridgehead atoms. The highest BCUT2D eigenvalue weighted by atomic mass is 16.2. The van der Waals surface area contributed by atoms with Gasteiger partial charge in [-0.3, -0.25) is 9.69 Å². The summed E-state index contributed by atoms with van der Waals surface area (Å²) in [5.74, 6) is 1.24.